The number of nitriles is 1. The molecule has 13 heteroatoms. The molecule has 2 aromatic heterocycles. The Hall–Kier alpha value is -3.37. The molecule has 0 bridgehead atoms. The van der Waals surface area contributed by atoms with Crippen LogP contribution in [0.4, 0.5) is 19.6 Å². The standard InChI is InChI=1S/C31H33ClF2N8OS/c1-16(21-19(12-35)28(37)44-27(21)20(33)13-36)22-24(32)18-5-4-17-14-38-8-11-42(17)29-23(18)26(25(22)34)39-30(40-29)43-15-31-6-2-9-41(31)10-3-7-31/h13,17,36,38H,2-11,14-15,37H2,1H3/b21-16+,27-20-,36-13?. The molecule has 6 heterocycles. The van der Waals surface area contributed by atoms with E-state index in [1.54, 1.807) is 6.92 Å². The van der Waals surface area contributed by atoms with Crippen molar-refractivity contribution < 1.29 is 13.5 Å². The summed E-state index contributed by atoms with van der Waals surface area (Å²) in [5, 5.41) is 21.8. The molecular formula is C31H33ClF2N8OS. The van der Waals surface area contributed by atoms with E-state index in [9.17, 15) is 9.65 Å². The average Bonchev–Trinajstić information content (AvgIpc) is 3.68. The van der Waals surface area contributed by atoms with Gasteiger partial charge in [0.25, 0.3) is 0 Å². The van der Waals surface area contributed by atoms with E-state index in [-0.39, 0.29) is 59.6 Å². The molecule has 7 rings (SSSR count). The number of nitrogen functional groups attached to an aromatic ring is 1. The van der Waals surface area contributed by atoms with Crippen LogP contribution in [0.5, 0.6) is 6.01 Å². The predicted molar refractivity (Wildman–Crippen MR) is 169 cm³/mol. The number of benzene rings is 1. The molecule has 0 spiro atoms. The van der Waals surface area contributed by atoms with Crippen LogP contribution in [-0.4, -0.2) is 72.0 Å². The number of nitrogens with one attached hydrogen (secondary N) is 2. The van der Waals surface area contributed by atoms with Gasteiger partial charge in [-0.25, -0.2) is 8.78 Å². The third-order valence-corrected chi connectivity index (χ3v) is 11.3. The Labute approximate surface area is 262 Å². The number of hydrogen-bond acceptors (Lipinski definition) is 10. The van der Waals surface area contributed by atoms with E-state index < -0.39 is 11.6 Å². The highest BCUT2D eigenvalue weighted by Crippen LogP contribution is 2.44. The summed E-state index contributed by atoms with van der Waals surface area (Å²) in [6, 6.07) is 2.28. The highest BCUT2D eigenvalue weighted by molar-refractivity contribution is 7.14. The smallest absolute Gasteiger partial charge is 0.319 e. The van der Waals surface area contributed by atoms with Crippen LogP contribution in [0.2, 0.25) is 5.02 Å². The molecule has 3 fully saturated rings. The number of aryl methyl sites for hydroxylation is 1. The Morgan fingerprint density at radius 3 is 2.82 bits per heavy atom. The molecule has 0 saturated carbocycles. The molecule has 1 atom stereocenters. The van der Waals surface area contributed by atoms with Gasteiger partial charge in [-0.3, -0.25) is 4.90 Å². The van der Waals surface area contributed by atoms with E-state index in [2.05, 4.69) is 20.1 Å². The van der Waals surface area contributed by atoms with E-state index in [1.165, 1.54) is 0 Å². The van der Waals surface area contributed by atoms with Crippen molar-refractivity contribution in [3.63, 3.8) is 0 Å². The first-order valence-electron chi connectivity index (χ1n) is 15.0. The monoisotopic (exact) mass is 638 g/mol. The van der Waals surface area contributed by atoms with Crippen LogP contribution in [-0.2, 0) is 6.42 Å². The lowest BCUT2D eigenvalue weighted by Crippen LogP contribution is -2.51. The first-order chi connectivity index (χ1) is 21.3. The minimum absolute atomic E-state index is 0.0134. The van der Waals surface area contributed by atoms with E-state index >= 15 is 4.39 Å². The van der Waals surface area contributed by atoms with Gasteiger partial charge in [0, 0.05) is 36.5 Å². The largest absolute Gasteiger partial charge is 0.461 e. The Morgan fingerprint density at radius 2 is 2.09 bits per heavy atom. The number of nitrogens with zero attached hydrogens (tertiary/aromatic N) is 5. The molecular weight excluding hydrogens is 606 g/mol. The second-order valence-corrected chi connectivity index (χ2v) is 13.5. The summed E-state index contributed by atoms with van der Waals surface area (Å²) in [7, 11) is 0. The lowest BCUT2D eigenvalue weighted by molar-refractivity contribution is 0.108. The van der Waals surface area contributed by atoms with Gasteiger partial charge in [-0.15, -0.1) is 11.3 Å². The van der Waals surface area contributed by atoms with Crippen LogP contribution in [0.15, 0.2) is 0 Å². The zero-order valence-electron chi connectivity index (χ0n) is 24.4. The molecule has 0 radical (unpaired) electrons. The summed E-state index contributed by atoms with van der Waals surface area (Å²) in [5.41, 5.74) is 7.16. The number of nitrogens with two attached hydrogens (primary N) is 1. The molecule has 230 valence electrons. The molecule has 3 aromatic rings. The highest BCUT2D eigenvalue weighted by atomic mass is 35.5. The van der Waals surface area contributed by atoms with Crippen LogP contribution in [0.1, 0.15) is 55.7 Å². The first-order valence-corrected chi connectivity index (χ1v) is 16.2. The summed E-state index contributed by atoms with van der Waals surface area (Å²) in [4.78, 5) is 14.3. The van der Waals surface area contributed by atoms with E-state index in [0.29, 0.717) is 42.6 Å². The van der Waals surface area contributed by atoms with Crippen molar-refractivity contribution in [2.75, 3.05) is 50.0 Å². The normalized spacial score (nSPS) is 22.2. The van der Waals surface area contributed by atoms with Gasteiger partial charge in [-0.05, 0) is 69.7 Å². The van der Waals surface area contributed by atoms with Crippen molar-refractivity contribution in [2.45, 2.75) is 57.0 Å². The van der Waals surface area contributed by atoms with Gasteiger partial charge in [0.2, 0.25) is 0 Å². The molecule has 0 amide bonds. The molecule has 9 nitrogen and oxygen atoms in total. The SMILES string of the molecule is C/C(c1c(Cl)c2c3c(nc(OCC45CCCN4CCC5)nc3c1F)N1CCNCC1CC2)=c1/c(C#N)c(N)s/c1=C(\F)C=N. The van der Waals surface area contributed by atoms with Crippen molar-refractivity contribution in [3.8, 4) is 12.1 Å². The molecule has 3 saturated heterocycles. The summed E-state index contributed by atoms with van der Waals surface area (Å²) in [6.07, 6.45) is 6.22. The van der Waals surface area contributed by atoms with Crippen LogP contribution >= 0.6 is 22.9 Å². The highest BCUT2D eigenvalue weighted by Gasteiger charge is 2.45. The Morgan fingerprint density at radius 1 is 1.32 bits per heavy atom. The summed E-state index contributed by atoms with van der Waals surface area (Å²) >= 11 is 7.93. The van der Waals surface area contributed by atoms with Gasteiger partial charge in [0.1, 0.15) is 29.0 Å². The number of ether oxygens (including phenoxy) is 1. The molecule has 1 unspecified atom stereocenters. The van der Waals surface area contributed by atoms with Crippen LogP contribution < -0.4 is 30.4 Å². The summed E-state index contributed by atoms with van der Waals surface area (Å²) in [5.74, 6) is -0.947. The zero-order chi connectivity index (χ0) is 30.7. The number of hydrogen-bond donors (Lipinski definition) is 3. The van der Waals surface area contributed by atoms with Crippen LogP contribution in [0.25, 0.3) is 22.3 Å². The van der Waals surface area contributed by atoms with E-state index in [1.807, 2.05) is 6.07 Å². The molecule has 44 heavy (non-hydrogen) atoms. The third-order valence-electron chi connectivity index (χ3n) is 9.85. The quantitative estimate of drug-likeness (QED) is 0.362. The van der Waals surface area contributed by atoms with Gasteiger partial charge in [-0.1, -0.05) is 11.6 Å². The predicted octanol–water partition coefficient (Wildman–Crippen LogP) is 3.62. The van der Waals surface area contributed by atoms with Crippen molar-refractivity contribution in [1.29, 1.82) is 10.7 Å². The molecule has 0 aliphatic carbocycles. The second-order valence-electron chi connectivity index (χ2n) is 12.1. The molecule has 4 aliphatic heterocycles. The zero-order valence-corrected chi connectivity index (χ0v) is 26.0. The Kier molecular flexibility index (Phi) is 7.48. The van der Waals surface area contributed by atoms with Crippen molar-refractivity contribution in [3.05, 3.63) is 37.3 Å². The van der Waals surface area contributed by atoms with Crippen molar-refractivity contribution in [2.24, 2.45) is 0 Å². The minimum atomic E-state index is -0.870. The van der Waals surface area contributed by atoms with Crippen molar-refractivity contribution in [1.82, 2.24) is 20.2 Å². The number of thiophene rings is 1. The Bertz CT molecular complexity index is 1860. The number of anilines is 2. The van der Waals surface area contributed by atoms with Crippen molar-refractivity contribution >= 4 is 62.3 Å². The van der Waals surface area contributed by atoms with Gasteiger partial charge in [0.05, 0.1) is 32.3 Å². The first kappa shape index (κ1) is 29.3. The molecule has 4 N–H and O–H groups in total. The van der Waals surface area contributed by atoms with Crippen LogP contribution in [0, 0.1) is 22.6 Å². The maximum absolute atomic E-state index is 17.0. The van der Waals surface area contributed by atoms with E-state index in [4.69, 9.17) is 32.5 Å². The maximum atomic E-state index is 17.0. The van der Waals surface area contributed by atoms with Gasteiger partial charge >= 0.3 is 6.01 Å². The Balaban J connectivity index is 1.48. The van der Waals surface area contributed by atoms with E-state index in [0.717, 1.165) is 69.6 Å². The van der Waals surface area contributed by atoms with Gasteiger partial charge < -0.3 is 26.1 Å². The molecule has 4 aliphatic rings. The number of aromatic nitrogens is 2. The minimum Gasteiger partial charge on any atom is -0.461 e. The third kappa shape index (κ3) is 4.47. The topological polar surface area (TPSA) is 127 Å². The maximum Gasteiger partial charge on any atom is 0.319 e. The lowest BCUT2D eigenvalue weighted by Gasteiger charge is -2.36. The number of halogens is 3. The fourth-order valence-corrected chi connectivity index (χ4v) is 9.12. The van der Waals surface area contributed by atoms with Gasteiger partial charge in [0.15, 0.2) is 11.6 Å². The van der Waals surface area contributed by atoms with Crippen LogP contribution in [0.3, 0.4) is 0 Å². The number of fused-ring (bicyclic) bond motifs is 3. The average molecular weight is 639 g/mol. The molecule has 1 aromatic carbocycles. The summed E-state index contributed by atoms with van der Waals surface area (Å²) < 4.78 is 38.2. The fourth-order valence-electron chi connectivity index (χ4n) is 7.72. The fraction of sp³-hybridized carbons (Fsp3) is 0.484. The number of piperazine rings is 1. The lowest BCUT2D eigenvalue weighted by atomic mass is 9.94. The van der Waals surface area contributed by atoms with Gasteiger partial charge in [-0.2, -0.15) is 15.2 Å². The number of rotatable bonds is 5. The second kappa shape index (κ2) is 11.2. The summed E-state index contributed by atoms with van der Waals surface area (Å²) in [6.45, 7) is 6.37.